The third-order valence-corrected chi connectivity index (χ3v) is 2.16. The van der Waals surface area contributed by atoms with Gasteiger partial charge in [0.15, 0.2) is 0 Å². The van der Waals surface area contributed by atoms with Crippen molar-refractivity contribution in [3.05, 3.63) is 47.5 Å². The van der Waals surface area contributed by atoms with Gasteiger partial charge in [-0.05, 0) is 30.7 Å². The van der Waals surface area contributed by atoms with Crippen LogP contribution in [0, 0.1) is 12.7 Å². The van der Waals surface area contributed by atoms with Gasteiger partial charge in [0.25, 0.3) is 0 Å². The highest BCUT2D eigenvalue weighted by molar-refractivity contribution is 5.35. The minimum atomic E-state index is -0.385. The number of aromatic nitrogens is 2. The van der Waals surface area contributed by atoms with Gasteiger partial charge in [-0.15, -0.1) is 0 Å². The Morgan fingerprint density at radius 2 is 2.20 bits per heavy atom. The highest BCUT2D eigenvalue weighted by Gasteiger charge is 2.05. The quantitative estimate of drug-likeness (QED) is 0.813. The first kappa shape index (κ1) is 9.86. The minimum absolute atomic E-state index is 0.157. The molecule has 0 bridgehead atoms. The highest BCUT2D eigenvalue weighted by atomic mass is 19.1. The summed E-state index contributed by atoms with van der Waals surface area (Å²) in [5, 5.41) is 12.9. The van der Waals surface area contributed by atoms with Crippen LogP contribution in [-0.4, -0.2) is 14.9 Å². The van der Waals surface area contributed by atoms with Gasteiger partial charge in [0, 0.05) is 6.20 Å². The third kappa shape index (κ3) is 1.89. The number of rotatable bonds is 2. The van der Waals surface area contributed by atoms with E-state index in [1.54, 1.807) is 24.4 Å². The summed E-state index contributed by atoms with van der Waals surface area (Å²) in [4.78, 5) is 0. The van der Waals surface area contributed by atoms with Crippen LogP contribution in [0.15, 0.2) is 30.5 Å². The first-order valence-corrected chi connectivity index (χ1v) is 4.62. The number of aliphatic hydroxyl groups excluding tert-OH is 1. The summed E-state index contributed by atoms with van der Waals surface area (Å²) >= 11 is 0. The second kappa shape index (κ2) is 3.82. The van der Waals surface area contributed by atoms with Crippen molar-refractivity contribution in [1.29, 1.82) is 0 Å². The Hall–Kier alpha value is -1.68. The third-order valence-electron chi connectivity index (χ3n) is 2.16. The standard InChI is InChI=1S/C11H11FN2O/c1-8-4-5-14(13-8)11-3-2-9(7-15)6-10(11)12/h2-6,15H,7H2,1H3. The van der Waals surface area contributed by atoms with E-state index in [9.17, 15) is 4.39 Å². The minimum Gasteiger partial charge on any atom is -0.392 e. The molecule has 3 nitrogen and oxygen atoms in total. The maximum absolute atomic E-state index is 13.6. The van der Waals surface area contributed by atoms with Crippen molar-refractivity contribution in [1.82, 2.24) is 9.78 Å². The van der Waals surface area contributed by atoms with Crippen molar-refractivity contribution in [2.75, 3.05) is 0 Å². The molecule has 0 aliphatic heterocycles. The number of aliphatic hydroxyl groups is 1. The fourth-order valence-corrected chi connectivity index (χ4v) is 1.38. The van der Waals surface area contributed by atoms with Gasteiger partial charge in [-0.1, -0.05) is 6.07 Å². The molecule has 0 amide bonds. The molecule has 0 fully saturated rings. The number of hydrogen-bond acceptors (Lipinski definition) is 2. The SMILES string of the molecule is Cc1ccn(-c2ccc(CO)cc2F)n1. The van der Waals surface area contributed by atoms with Crippen molar-refractivity contribution in [2.24, 2.45) is 0 Å². The molecule has 0 spiro atoms. The normalized spacial score (nSPS) is 10.6. The molecule has 78 valence electrons. The fourth-order valence-electron chi connectivity index (χ4n) is 1.38. The lowest BCUT2D eigenvalue weighted by molar-refractivity contribution is 0.281. The summed E-state index contributed by atoms with van der Waals surface area (Å²) in [5.41, 5.74) is 1.78. The summed E-state index contributed by atoms with van der Waals surface area (Å²) in [5.74, 6) is -0.385. The Morgan fingerprint density at radius 3 is 2.73 bits per heavy atom. The number of aryl methyl sites for hydroxylation is 1. The van der Waals surface area contributed by atoms with Gasteiger partial charge in [-0.25, -0.2) is 9.07 Å². The van der Waals surface area contributed by atoms with E-state index in [1.165, 1.54) is 10.7 Å². The summed E-state index contributed by atoms with van der Waals surface area (Å²) in [6, 6.07) is 6.40. The van der Waals surface area contributed by atoms with E-state index in [1.807, 2.05) is 6.92 Å². The predicted octanol–water partition coefficient (Wildman–Crippen LogP) is 1.81. The largest absolute Gasteiger partial charge is 0.392 e. The highest BCUT2D eigenvalue weighted by Crippen LogP contribution is 2.14. The van der Waals surface area contributed by atoms with Crippen LogP contribution in [-0.2, 0) is 6.61 Å². The molecule has 0 aliphatic rings. The zero-order chi connectivity index (χ0) is 10.8. The Bertz CT molecular complexity index is 479. The van der Waals surface area contributed by atoms with E-state index < -0.39 is 0 Å². The van der Waals surface area contributed by atoms with Gasteiger partial charge in [0.2, 0.25) is 0 Å². The van der Waals surface area contributed by atoms with E-state index in [2.05, 4.69) is 5.10 Å². The molecule has 1 aromatic heterocycles. The molecule has 15 heavy (non-hydrogen) atoms. The van der Waals surface area contributed by atoms with Crippen LogP contribution in [0.3, 0.4) is 0 Å². The Labute approximate surface area is 86.8 Å². The first-order valence-electron chi connectivity index (χ1n) is 4.62. The van der Waals surface area contributed by atoms with Crippen LogP contribution in [0.5, 0.6) is 0 Å². The molecule has 0 saturated carbocycles. The van der Waals surface area contributed by atoms with E-state index in [0.29, 0.717) is 11.3 Å². The van der Waals surface area contributed by atoms with Gasteiger partial charge in [-0.3, -0.25) is 0 Å². The lowest BCUT2D eigenvalue weighted by atomic mass is 10.2. The molecule has 0 radical (unpaired) electrons. The van der Waals surface area contributed by atoms with Crippen LogP contribution >= 0.6 is 0 Å². The van der Waals surface area contributed by atoms with E-state index in [4.69, 9.17) is 5.11 Å². The van der Waals surface area contributed by atoms with Crippen LogP contribution in [0.1, 0.15) is 11.3 Å². The van der Waals surface area contributed by atoms with E-state index in [0.717, 1.165) is 5.69 Å². The topological polar surface area (TPSA) is 38.0 Å². The molecule has 0 aliphatic carbocycles. The lowest BCUT2D eigenvalue weighted by Gasteiger charge is -2.04. The number of nitrogens with zero attached hydrogens (tertiary/aromatic N) is 2. The maximum atomic E-state index is 13.6. The van der Waals surface area contributed by atoms with E-state index in [-0.39, 0.29) is 12.4 Å². The molecular formula is C11H11FN2O. The zero-order valence-electron chi connectivity index (χ0n) is 8.31. The Balaban J connectivity index is 2.45. The maximum Gasteiger partial charge on any atom is 0.149 e. The molecule has 2 rings (SSSR count). The van der Waals surface area contributed by atoms with Crippen molar-refractivity contribution >= 4 is 0 Å². The summed E-state index contributed by atoms with van der Waals surface area (Å²) < 4.78 is 15.0. The van der Waals surface area contributed by atoms with Crippen molar-refractivity contribution in [3.63, 3.8) is 0 Å². The molecule has 0 saturated heterocycles. The number of hydrogen-bond donors (Lipinski definition) is 1. The molecule has 1 aromatic carbocycles. The second-order valence-electron chi connectivity index (χ2n) is 3.35. The van der Waals surface area contributed by atoms with Crippen LogP contribution in [0.2, 0.25) is 0 Å². The zero-order valence-corrected chi connectivity index (χ0v) is 8.31. The molecule has 0 unspecified atom stereocenters. The summed E-state index contributed by atoms with van der Waals surface area (Å²) in [7, 11) is 0. The van der Waals surface area contributed by atoms with Crippen molar-refractivity contribution < 1.29 is 9.50 Å². The molecule has 4 heteroatoms. The molecule has 2 aromatic rings. The van der Waals surface area contributed by atoms with Gasteiger partial charge in [0.1, 0.15) is 11.5 Å². The summed E-state index contributed by atoms with van der Waals surface area (Å²) in [6.07, 6.45) is 1.70. The van der Waals surface area contributed by atoms with Crippen molar-refractivity contribution in [3.8, 4) is 5.69 Å². The molecular weight excluding hydrogens is 195 g/mol. The lowest BCUT2D eigenvalue weighted by Crippen LogP contribution is -1.99. The number of halogens is 1. The summed E-state index contributed by atoms with van der Waals surface area (Å²) in [6.45, 7) is 1.69. The van der Waals surface area contributed by atoms with Gasteiger partial charge >= 0.3 is 0 Å². The van der Waals surface area contributed by atoms with Gasteiger partial charge < -0.3 is 5.11 Å². The molecule has 0 atom stereocenters. The van der Waals surface area contributed by atoms with Crippen LogP contribution in [0.25, 0.3) is 5.69 Å². The average molecular weight is 206 g/mol. The molecule has 1 N–H and O–H groups in total. The van der Waals surface area contributed by atoms with Crippen LogP contribution < -0.4 is 0 Å². The monoisotopic (exact) mass is 206 g/mol. The van der Waals surface area contributed by atoms with Gasteiger partial charge in [-0.2, -0.15) is 5.10 Å². The average Bonchev–Trinajstić information content (AvgIpc) is 2.64. The fraction of sp³-hybridized carbons (Fsp3) is 0.182. The van der Waals surface area contributed by atoms with Crippen LogP contribution in [0.4, 0.5) is 4.39 Å². The number of benzene rings is 1. The second-order valence-corrected chi connectivity index (χ2v) is 3.35. The Morgan fingerprint density at radius 1 is 1.40 bits per heavy atom. The molecule has 1 heterocycles. The van der Waals surface area contributed by atoms with Gasteiger partial charge in [0.05, 0.1) is 12.3 Å². The predicted molar refractivity (Wildman–Crippen MR) is 54.2 cm³/mol. The smallest absolute Gasteiger partial charge is 0.149 e. The Kier molecular flexibility index (Phi) is 2.51. The first-order chi connectivity index (χ1) is 7.20. The van der Waals surface area contributed by atoms with Crippen molar-refractivity contribution in [2.45, 2.75) is 13.5 Å². The van der Waals surface area contributed by atoms with E-state index >= 15 is 0 Å².